The standard InChI is InChI=1S/C21H23Cl2.Zr/c1-20(2,12-22)16-5-7-18-14(10-16)9-15-11-17(6-8-19(15)18)21(3,4)13-23;/h5-11H,12-13H2,1-4H3;. The number of rotatable bonds is 4. The Bertz CT molecular complexity index is 684. The molecule has 3 heteroatoms. The molecular formula is C21H23Cl2Zr. The van der Waals surface area contributed by atoms with Gasteiger partial charge in [-0.15, -0.1) is 23.2 Å². The minimum Gasteiger partial charge on any atom is -0.126 e. The number of halogens is 2. The van der Waals surface area contributed by atoms with Gasteiger partial charge in [-0.25, -0.2) is 0 Å². The predicted molar refractivity (Wildman–Crippen MR) is 102 cm³/mol. The SMILES string of the molecule is CC(C)(CCl)c1ccc2c(c1)[CH]c1cc(C(C)(C)CCl)ccc1-2.[Zr]. The van der Waals surface area contributed by atoms with Gasteiger partial charge in [0, 0.05) is 55.2 Å². The summed E-state index contributed by atoms with van der Waals surface area (Å²) in [5, 5.41) is 0. The number of hydrogen-bond donors (Lipinski definition) is 0. The largest absolute Gasteiger partial charge is 0.126 e. The topological polar surface area (TPSA) is 0 Å². The first kappa shape index (κ1) is 20.2. The Hall–Kier alpha value is -0.0969. The third-order valence-corrected chi connectivity index (χ3v) is 6.27. The van der Waals surface area contributed by atoms with Crippen molar-refractivity contribution in [1.82, 2.24) is 0 Å². The van der Waals surface area contributed by atoms with Crippen LogP contribution in [0.1, 0.15) is 49.9 Å². The maximum Gasteiger partial charge on any atom is 0.0315 e. The molecule has 0 atom stereocenters. The summed E-state index contributed by atoms with van der Waals surface area (Å²) < 4.78 is 0. The van der Waals surface area contributed by atoms with Crippen LogP contribution in [0.3, 0.4) is 0 Å². The van der Waals surface area contributed by atoms with E-state index >= 15 is 0 Å². The summed E-state index contributed by atoms with van der Waals surface area (Å²) in [6.07, 6.45) is 2.28. The number of hydrogen-bond acceptors (Lipinski definition) is 0. The van der Waals surface area contributed by atoms with Gasteiger partial charge in [-0.05, 0) is 33.4 Å². The monoisotopic (exact) mass is 435 g/mol. The zero-order chi connectivity index (χ0) is 16.8. The molecule has 0 amide bonds. The van der Waals surface area contributed by atoms with Crippen molar-refractivity contribution in [1.29, 1.82) is 0 Å². The molecule has 0 heterocycles. The van der Waals surface area contributed by atoms with Crippen LogP contribution in [0.5, 0.6) is 0 Å². The van der Waals surface area contributed by atoms with Crippen LogP contribution in [-0.4, -0.2) is 11.8 Å². The van der Waals surface area contributed by atoms with Crippen LogP contribution in [0.15, 0.2) is 36.4 Å². The van der Waals surface area contributed by atoms with E-state index in [9.17, 15) is 0 Å². The first-order valence-electron chi connectivity index (χ1n) is 8.05. The Morgan fingerprint density at radius 2 is 1.08 bits per heavy atom. The van der Waals surface area contributed by atoms with Crippen LogP contribution >= 0.6 is 23.2 Å². The minimum atomic E-state index is -0.00895. The second-order valence-corrected chi connectivity index (χ2v) is 8.32. The quantitative estimate of drug-likeness (QED) is 0.420. The van der Waals surface area contributed by atoms with Crippen LogP contribution in [0.4, 0.5) is 0 Å². The van der Waals surface area contributed by atoms with Crippen LogP contribution in [0.2, 0.25) is 0 Å². The van der Waals surface area contributed by atoms with Crippen molar-refractivity contribution >= 4 is 23.2 Å². The molecular weight excluding hydrogens is 414 g/mol. The van der Waals surface area contributed by atoms with Crippen LogP contribution in [-0.2, 0) is 37.0 Å². The van der Waals surface area contributed by atoms with Crippen molar-refractivity contribution in [2.24, 2.45) is 0 Å². The molecule has 1 aliphatic rings. The fourth-order valence-corrected chi connectivity index (χ4v) is 3.33. The third-order valence-electron chi connectivity index (χ3n) is 4.94. The van der Waals surface area contributed by atoms with Gasteiger partial charge < -0.3 is 0 Å². The molecule has 125 valence electrons. The predicted octanol–water partition coefficient (Wildman–Crippen LogP) is 6.30. The van der Waals surface area contributed by atoms with Crippen molar-refractivity contribution in [2.45, 2.75) is 38.5 Å². The molecule has 1 aliphatic carbocycles. The Morgan fingerprint density at radius 3 is 1.42 bits per heavy atom. The van der Waals surface area contributed by atoms with Gasteiger partial charge in [0.1, 0.15) is 0 Å². The third kappa shape index (κ3) is 3.55. The molecule has 0 fully saturated rings. The van der Waals surface area contributed by atoms with Gasteiger partial charge in [0.05, 0.1) is 0 Å². The smallest absolute Gasteiger partial charge is 0.0315 e. The van der Waals surface area contributed by atoms with E-state index in [-0.39, 0.29) is 37.0 Å². The second kappa shape index (κ2) is 7.26. The van der Waals surface area contributed by atoms with E-state index < -0.39 is 0 Å². The van der Waals surface area contributed by atoms with Crippen molar-refractivity contribution in [3.63, 3.8) is 0 Å². The van der Waals surface area contributed by atoms with Crippen molar-refractivity contribution < 1.29 is 26.2 Å². The number of fused-ring (bicyclic) bond motifs is 3. The number of benzene rings is 2. The molecule has 2 aromatic carbocycles. The summed E-state index contributed by atoms with van der Waals surface area (Å²) in [7, 11) is 0. The van der Waals surface area contributed by atoms with E-state index in [4.69, 9.17) is 23.2 Å². The molecule has 3 rings (SSSR count). The van der Waals surface area contributed by atoms with Crippen LogP contribution in [0.25, 0.3) is 11.1 Å². The second-order valence-electron chi connectivity index (χ2n) is 7.78. The molecule has 0 bridgehead atoms. The Morgan fingerprint density at radius 1 is 0.708 bits per heavy atom. The molecule has 1 radical (unpaired) electrons. The summed E-state index contributed by atoms with van der Waals surface area (Å²) in [4.78, 5) is 0. The molecule has 2 aromatic rings. The zero-order valence-electron chi connectivity index (χ0n) is 14.7. The first-order chi connectivity index (χ1) is 10.8. The normalized spacial score (nSPS) is 13.2. The summed E-state index contributed by atoms with van der Waals surface area (Å²) >= 11 is 12.3. The average Bonchev–Trinajstić information content (AvgIpc) is 2.91. The fraction of sp³-hybridized carbons (Fsp3) is 0.381. The maximum atomic E-state index is 6.13. The van der Waals surface area contributed by atoms with E-state index in [1.54, 1.807) is 0 Å². The minimum absolute atomic E-state index is 0. The van der Waals surface area contributed by atoms with E-state index in [1.165, 1.54) is 33.4 Å². The molecule has 0 unspecified atom stereocenters. The van der Waals surface area contributed by atoms with Crippen molar-refractivity contribution in [2.75, 3.05) is 11.8 Å². The summed E-state index contributed by atoms with van der Waals surface area (Å²) in [6, 6.07) is 13.4. The van der Waals surface area contributed by atoms with E-state index in [1.807, 2.05) is 0 Å². The van der Waals surface area contributed by atoms with Gasteiger partial charge in [0.25, 0.3) is 0 Å². The van der Waals surface area contributed by atoms with Gasteiger partial charge in [-0.2, -0.15) is 0 Å². The van der Waals surface area contributed by atoms with Crippen LogP contribution in [0, 0.1) is 6.42 Å². The van der Waals surface area contributed by atoms with Gasteiger partial charge in [0.15, 0.2) is 0 Å². The van der Waals surface area contributed by atoms with Crippen molar-refractivity contribution in [3.05, 3.63) is 65.1 Å². The molecule has 0 nitrogen and oxygen atoms in total. The maximum absolute atomic E-state index is 6.13. The van der Waals surface area contributed by atoms with Crippen LogP contribution < -0.4 is 0 Å². The fourth-order valence-electron chi connectivity index (χ4n) is 3.02. The van der Waals surface area contributed by atoms with E-state index in [0.29, 0.717) is 11.8 Å². The molecule has 0 saturated heterocycles. The molecule has 24 heavy (non-hydrogen) atoms. The van der Waals surface area contributed by atoms with E-state index in [2.05, 4.69) is 70.5 Å². The Labute approximate surface area is 175 Å². The molecule has 0 saturated carbocycles. The Kier molecular flexibility index (Phi) is 6.12. The average molecular weight is 438 g/mol. The van der Waals surface area contributed by atoms with Gasteiger partial charge in [-0.1, -0.05) is 64.1 Å². The van der Waals surface area contributed by atoms with Crippen molar-refractivity contribution in [3.8, 4) is 11.1 Å². The zero-order valence-corrected chi connectivity index (χ0v) is 18.7. The van der Waals surface area contributed by atoms with Gasteiger partial charge in [0.2, 0.25) is 0 Å². The number of alkyl halides is 2. The van der Waals surface area contributed by atoms with E-state index in [0.717, 1.165) is 0 Å². The molecule has 0 aromatic heterocycles. The van der Waals surface area contributed by atoms with Gasteiger partial charge >= 0.3 is 0 Å². The first-order valence-corrected chi connectivity index (χ1v) is 9.11. The summed E-state index contributed by atoms with van der Waals surface area (Å²) in [5.74, 6) is 1.24. The summed E-state index contributed by atoms with van der Waals surface area (Å²) in [5.41, 5.74) is 7.76. The Balaban J connectivity index is 0.00000208. The summed E-state index contributed by atoms with van der Waals surface area (Å²) in [6.45, 7) is 8.74. The molecule has 0 aliphatic heterocycles. The van der Waals surface area contributed by atoms with Gasteiger partial charge in [-0.3, -0.25) is 0 Å². The molecule has 0 spiro atoms. The molecule has 0 N–H and O–H groups in total.